The Balaban J connectivity index is 1.22. The van der Waals surface area contributed by atoms with Crippen LogP contribution in [0.25, 0.3) is 10.9 Å². The highest BCUT2D eigenvalue weighted by Crippen LogP contribution is 2.38. The summed E-state index contributed by atoms with van der Waals surface area (Å²) in [7, 11) is 3.54. The summed E-state index contributed by atoms with van der Waals surface area (Å²) in [5.74, 6) is 3.01. The minimum atomic E-state index is -0.146. The molecule has 9 heteroatoms. The summed E-state index contributed by atoms with van der Waals surface area (Å²) in [6, 6.07) is 11.9. The molecule has 9 nitrogen and oxygen atoms in total. The maximum Gasteiger partial charge on any atom is 0.213 e. The Kier molecular flexibility index (Phi) is 5.32. The van der Waals surface area contributed by atoms with Crippen LogP contribution in [-0.4, -0.2) is 51.5 Å². The molecule has 1 aromatic carbocycles. The molecule has 0 atom stereocenters. The molecular weight excluding hydrogens is 454 g/mol. The minimum Gasteiger partial charge on any atom is -0.496 e. The van der Waals surface area contributed by atoms with E-state index in [-0.39, 0.29) is 5.78 Å². The number of ketones is 1. The number of ether oxygens (including phenoxy) is 1. The summed E-state index contributed by atoms with van der Waals surface area (Å²) >= 11 is 0. The molecule has 0 spiro atoms. The Morgan fingerprint density at radius 3 is 2.78 bits per heavy atom. The first kappa shape index (κ1) is 22.1. The largest absolute Gasteiger partial charge is 0.496 e. The molecule has 0 bridgehead atoms. The number of benzene rings is 1. The van der Waals surface area contributed by atoms with Gasteiger partial charge in [0.25, 0.3) is 0 Å². The van der Waals surface area contributed by atoms with Crippen LogP contribution in [0.1, 0.15) is 28.9 Å². The van der Waals surface area contributed by atoms with Gasteiger partial charge >= 0.3 is 0 Å². The van der Waals surface area contributed by atoms with Crippen LogP contribution in [0.2, 0.25) is 0 Å². The van der Waals surface area contributed by atoms with E-state index in [0.717, 1.165) is 60.0 Å². The number of nitrogens with one attached hydrogen (secondary N) is 1. The monoisotopic (exact) mass is 481 g/mol. The van der Waals surface area contributed by atoms with Crippen molar-refractivity contribution in [2.45, 2.75) is 18.9 Å². The first-order chi connectivity index (χ1) is 17.5. The van der Waals surface area contributed by atoms with Crippen LogP contribution >= 0.6 is 0 Å². The zero-order valence-corrected chi connectivity index (χ0v) is 20.3. The summed E-state index contributed by atoms with van der Waals surface area (Å²) in [4.78, 5) is 31.3. The molecule has 2 aliphatic heterocycles. The predicted octanol–water partition coefficient (Wildman–Crippen LogP) is 3.98. The van der Waals surface area contributed by atoms with Crippen molar-refractivity contribution in [3.63, 3.8) is 0 Å². The number of aromatic nitrogens is 4. The SMILES string of the molecule is C=C1Nc2ncccc2N1C1CCN(c2cc(C(=O)c3cn(C)c4cccc(OC)c34)ncn2)CC1. The Morgan fingerprint density at radius 2 is 1.97 bits per heavy atom. The Hall–Kier alpha value is -4.40. The van der Waals surface area contributed by atoms with Crippen molar-refractivity contribution in [2.24, 2.45) is 7.05 Å². The van der Waals surface area contributed by atoms with E-state index in [1.807, 2.05) is 42.1 Å². The van der Waals surface area contributed by atoms with Gasteiger partial charge < -0.3 is 24.4 Å². The number of hydrogen-bond donors (Lipinski definition) is 1. The number of carbonyl (C=O) groups is 1. The maximum absolute atomic E-state index is 13.5. The molecule has 0 radical (unpaired) electrons. The topological polar surface area (TPSA) is 88.4 Å². The highest BCUT2D eigenvalue weighted by Gasteiger charge is 2.32. The number of nitrogens with zero attached hydrogens (tertiary/aromatic N) is 6. The molecule has 3 aromatic heterocycles. The third kappa shape index (κ3) is 3.55. The van der Waals surface area contributed by atoms with Gasteiger partial charge in [0.2, 0.25) is 5.78 Å². The molecule has 0 amide bonds. The molecule has 6 rings (SSSR count). The number of hydrogen-bond acceptors (Lipinski definition) is 8. The van der Waals surface area contributed by atoms with Crippen LogP contribution in [0.5, 0.6) is 5.75 Å². The van der Waals surface area contributed by atoms with E-state index >= 15 is 0 Å². The molecule has 0 aliphatic carbocycles. The van der Waals surface area contributed by atoms with Crippen LogP contribution < -0.4 is 19.9 Å². The lowest BCUT2D eigenvalue weighted by Gasteiger charge is -2.38. The van der Waals surface area contributed by atoms with Crippen molar-refractivity contribution in [3.8, 4) is 5.75 Å². The van der Waals surface area contributed by atoms with Crippen molar-refractivity contribution >= 4 is 34.0 Å². The minimum absolute atomic E-state index is 0.146. The van der Waals surface area contributed by atoms with Gasteiger partial charge in [-0.15, -0.1) is 0 Å². The molecule has 36 heavy (non-hydrogen) atoms. The number of carbonyl (C=O) groups excluding carboxylic acids is 1. The highest BCUT2D eigenvalue weighted by molar-refractivity contribution is 6.17. The van der Waals surface area contributed by atoms with Gasteiger partial charge in [0.15, 0.2) is 5.82 Å². The van der Waals surface area contributed by atoms with Crippen LogP contribution in [0.15, 0.2) is 67.5 Å². The quantitative estimate of drug-likeness (QED) is 0.429. The number of rotatable bonds is 5. The van der Waals surface area contributed by atoms with E-state index in [1.165, 1.54) is 6.33 Å². The van der Waals surface area contributed by atoms with E-state index in [9.17, 15) is 4.79 Å². The molecule has 1 N–H and O–H groups in total. The Labute approximate surface area is 209 Å². The normalized spacial score (nSPS) is 15.8. The van der Waals surface area contributed by atoms with Gasteiger partial charge in [-0.2, -0.15) is 0 Å². The van der Waals surface area contributed by atoms with Crippen LogP contribution in [0.3, 0.4) is 0 Å². The van der Waals surface area contributed by atoms with Crippen LogP contribution in [0, 0.1) is 0 Å². The summed E-state index contributed by atoms with van der Waals surface area (Å²) in [6.07, 6.45) is 6.97. The van der Waals surface area contributed by atoms with E-state index < -0.39 is 0 Å². The lowest BCUT2D eigenvalue weighted by atomic mass is 10.0. The van der Waals surface area contributed by atoms with E-state index in [0.29, 0.717) is 23.0 Å². The number of pyridine rings is 1. The summed E-state index contributed by atoms with van der Waals surface area (Å²) in [5, 5.41) is 4.08. The summed E-state index contributed by atoms with van der Waals surface area (Å²) in [5.41, 5.74) is 2.95. The summed E-state index contributed by atoms with van der Waals surface area (Å²) < 4.78 is 7.48. The maximum atomic E-state index is 13.5. The van der Waals surface area contributed by atoms with Crippen LogP contribution in [0.4, 0.5) is 17.3 Å². The van der Waals surface area contributed by atoms with Gasteiger partial charge in [-0.3, -0.25) is 4.79 Å². The smallest absolute Gasteiger partial charge is 0.213 e. The van der Waals surface area contributed by atoms with E-state index in [2.05, 4.69) is 42.7 Å². The Morgan fingerprint density at radius 1 is 1.14 bits per heavy atom. The first-order valence-electron chi connectivity index (χ1n) is 12.0. The van der Waals surface area contributed by atoms with E-state index in [4.69, 9.17) is 4.74 Å². The second-order valence-electron chi connectivity index (χ2n) is 9.13. The second-order valence-corrected chi connectivity index (χ2v) is 9.13. The van der Waals surface area contributed by atoms with E-state index in [1.54, 1.807) is 19.4 Å². The average molecular weight is 482 g/mol. The van der Waals surface area contributed by atoms with Gasteiger partial charge in [-0.05, 0) is 37.1 Å². The molecule has 0 saturated carbocycles. The average Bonchev–Trinajstić information content (AvgIpc) is 3.44. The lowest BCUT2D eigenvalue weighted by Crippen LogP contribution is -2.44. The third-order valence-corrected chi connectivity index (χ3v) is 7.08. The number of methoxy groups -OCH3 is 1. The molecule has 2 aliphatic rings. The fourth-order valence-corrected chi connectivity index (χ4v) is 5.34. The molecule has 1 saturated heterocycles. The number of aryl methyl sites for hydroxylation is 1. The van der Waals surface area contributed by atoms with Crippen LogP contribution in [-0.2, 0) is 7.05 Å². The standard InChI is InChI=1S/C27H27N7O2/c1-17-31-27-22(7-5-11-28-27)34(17)18-9-12-33(13-10-18)24-14-20(29-16-30-24)26(35)19-15-32(2)21-6-4-8-23(36-3)25(19)21/h4-8,11,14-16,18H,1,9-10,12-13H2,2-3H3,(H,28,31). The second kappa shape index (κ2) is 8.67. The molecule has 0 unspecified atom stereocenters. The van der Waals surface area contributed by atoms with Gasteiger partial charge in [0.1, 0.15) is 29.4 Å². The third-order valence-electron chi connectivity index (χ3n) is 7.08. The fraction of sp³-hybridized carbons (Fsp3) is 0.259. The molecule has 1 fully saturated rings. The predicted molar refractivity (Wildman–Crippen MR) is 140 cm³/mol. The zero-order valence-electron chi connectivity index (χ0n) is 20.3. The van der Waals surface area contributed by atoms with Gasteiger partial charge in [0, 0.05) is 44.6 Å². The van der Waals surface area contributed by atoms with Gasteiger partial charge in [-0.1, -0.05) is 12.6 Å². The van der Waals surface area contributed by atoms with Crippen molar-refractivity contribution in [2.75, 3.05) is 35.3 Å². The lowest BCUT2D eigenvalue weighted by molar-refractivity contribution is 0.103. The van der Waals surface area contributed by atoms with Gasteiger partial charge in [0.05, 0.1) is 29.3 Å². The molecular formula is C27H27N7O2. The number of anilines is 3. The molecule has 182 valence electrons. The zero-order chi connectivity index (χ0) is 24.8. The van der Waals surface area contributed by atoms with Crippen molar-refractivity contribution < 1.29 is 9.53 Å². The van der Waals surface area contributed by atoms with Crippen molar-refractivity contribution in [1.29, 1.82) is 0 Å². The molecule has 4 aromatic rings. The van der Waals surface area contributed by atoms with Gasteiger partial charge in [-0.25, -0.2) is 15.0 Å². The number of fused-ring (bicyclic) bond motifs is 2. The van der Waals surface area contributed by atoms with Crippen molar-refractivity contribution in [3.05, 3.63) is 78.8 Å². The fourth-order valence-electron chi connectivity index (χ4n) is 5.34. The molecule has 5 heterocycles. The first-order valence-corrected chi connectivity index (χ1v) is 12.0. The summed E-state index contributed by atoms with van der Waals surface area (Å²) in [6.45, 7) is 5.82. The van der Waals surface area contributed by atoms with Crippen molar-refractivity contribution in [1.82, 2.24) is 19.5 Å². The number of piperidine rings is 1. The highest BCUT2D eigenvalue weighted by atomic mass is 16.5. The Bertz CT molecular complexity index is 1490.